The Hall–Kier alpha value is -6.26. The Bertz CT molecular complexity index is 2340. The summed E-state index contributed by atoms with van der Waals surface area (Å²) in [7, 11) is 0. The molecule has 0 aliphatic carbocycles. The van der Waals surface area contributed by atoms with Crippen molar-refractivity contribution in [3.63, 3.8) is 0 Å². The van der Waals surface area contributed by atoms with Crippen molar-refractivity contribution in [3.05, 3.63) is 176 Å². The number of hydrogen-bond donors (Lipinski definition) is 0. The third-order valence-corrected chi connectivity index (χ3v) is 8.69. The SMILES string of the molecule is C=C/C=C\c1c(C)n(-c2cc(-c3ccccc3)cc(-c3ccccc3)n2)c2cc3nc(-c4ccccc4)n(-c4ccccc4)c3cc12. The molecule has 0 saturated carbocycles. The number of allylic oxidation sites excluding steroid dienone is 2. The van der Waals surface area contributed by atoms with Crippen LogP contribution in [0, 0.1) is 6.92 Å². The molecule has 0 atom stereocenters. The molecule has 0 bridgehead atoms. The van der Waals surface area contributed by atoms with Crippen LogP contribution < -0.4 is 0 Å². The van der Waals surface area contributed by atoms with E-state index in [1.807, 2.05) is 30.4 Å². The van der Waals surface area contributed by atoms with Crippen LogP contribution in [0.2, 0.25) is 0 Å². The first-order chi connectivity index (χ1) is 23.2. The fourth-order valence-corrected chi connectivity index (χ4v) is 6.48. The predicted octanol–water partition coefficient (Wildman–Crippen LogP) is 10.9. The lowest BCUT2D eigenvalue weighted by molar-refractivity contribution is 0.995. The highest BCUT2D eigenvalue weighted by Gasteiger charge is 2.21. The maximum absolute atomic E-state index is 5.30. The van der Waals surface area contributed by atoms with Gasteiger partial charge in [-0.3, -0.25) is 9.13 Å². The van der Waals surface area contributed by atoms with E-state index in [-0.39, 0.29) is 0 Å². The van der Waals surface area contributed by atoms with Gasteiger partial charge in [0.2, 0.25) is 0 Å². The number of nitrogens with zero attached hydrogens (tertiary/aromatic N) is 4. The molecule has 4 nitrogen and oxygen atoms in total. The molecule has 47 heavy (non-hydrogen) atoms. The maximum atomic E-state index is 5.30. The van der Waals surface area contributed by atoms with Gasteiger partial charge in [0.25, 0.3) is 0 Å². The summed E-state index contributed by atoms with van der Waals surface area (Å²) in [6.07, 6.45) is 5.97. The van der Waals surface area contributed by atoms with Crippen LogP contribution in [0.1, 0.15) is 11.3 Å². The van der Waals surface area contributed by atoms with E-state index in [0.717, 1.165) is 78.5 Å². The minimum atomic E-state index is 0.857. The van der Waals surface area contributed by atoms with E-state index in [1.165, 1.54) is 0 Å². The molecule has 0 fully saturated rings. The van der Waals surface area contributed by atoms with Crippen molar-refractivity contribution < 1.29 is 0 Å². The Morgan fingerprint density at radius 3 is 1.85 bits per heavy atom. The number of pyridine rings is 1. The molecule has 5 aromatic carbocycles. The third kappa shape index (κ3) is 5.06. The van der Waals surface area contributed by atoms with Gasteiger partial charge in [0.15, 0.2) is 0 Å². The van der Waals surface area contributed by atoms with Crippen molar-refractivity contribution in [2.45, 2.75) is 6.92 Å². The monoisotopic (exact) mass is 604 g/mol. The summed E-state index contributed by atoms with van der Waals surface area (Å²) in [5.41, 5.74) is 11.6. The van der Waals surface area contributed by atoms with E-state index >= 15 is 0 Å². The summed E-state index contributed by atoms with van der Waals surface area (Å²) < 4.78 is 4.54. The number of hydrogen-bond acceptors (Lipinski definition) is 2. The van der Waals surface area contributed by atoms with Gasteiger partial charge in [-0.05, 0) is 54.4 Å². The molecule has 0 saturated heterocycles. The van der Waals surface area contributed by atoms with Gasteiger partial charge in [-0.2, -0.15) is 0 Å². The molecule has 0 amide bonds. The molecule has 0 N–H and O–H groups in total. The van der Waals surface area contributed by atoms with Gasteiger partial charge in [0, 0.05) is 33.5 Å². The van der Waals surface area contributed by atoms with Gasteiger partial charge in [0.1, 0.15) is 11.6 Å². The second-order valence-electron chi connectivity index (χ2n) is 11.6. The van der Waals surface area contributed by atoms with Crippen molar-refractivity contribution in [3.8, 4) is 45.3 Å². The van der Waals surface area contributed by atoms with Crippen LogP contribution >= 0.6 is 0 Å². The summed E-state index contributed by atoms with van der Waals surface area (Å²) in [4.78, 5) is 10.6. The molecule has 0 aliphatic heterocycles. The molecule has 224 valence electrons. The molecular formula is C43H32N4. The molecular weight excluding hydrogens is 573 g/mol. The summed E-state index contributed by atoms with van der Waals surface area (Å²) in [5, 5.41) is 1.12. The van der Waals surface area contributed by atoms with Crippen LogP contribution in [-0.4, -0.2) is 19.1 Å². The van der Waals surface area contributed by atoms with Gasteiger partial charge in [-0.1, -0.05) is 134 Å². The van der Waals surface area contributed by atoms with Gasteiger partial charge in [0.05, 0.1) is 22.2 Å². The number of benzene rings is 5. The molecule has 0 aliphatic rings. The summed E-state index contributed by atoms with van der Waals surface area (Å²) in [5.74, 6) is 1.76. The van der Waals surface area contributed by atoms with Crippen molar-refractivity contribution in [2.24, 2.45) is 0 Å². The molecule has 8 rings (SSSR count). The van der Waals surface area contributed by atoms with Gasteiger partial charge >= 0.3 is 0 Å². The van der Waals surface area contributed by atoms with Crippen LogP contribution in [0.25, 0.3) is 73.3 Å². The highest BCUT2D eigenvalue weighted by atomic mass is 15.1. The highest BCUT2D eigenvalue weighted by Crippen LogP contribution is 2.37. The largest absolute Gasteiger partial charge is 0.298 e. The van der Waals surface area contributed by atoms with E-state index in [4.69, 9.17) is 9.97 Å². The first-order valence-electron chi connectivity index (χ1n) is 15.8. The van der Waals surface area contributed by atoms with Crippen LogP contribution in [0.5, 0.6) is 0 Å². The van der Waals surface area contributed by atoms with Crippen molar-refractivity contribution in [1.82, 2.24) is 19.1 Å². The molecule has 0 unspecified atom stereocenters. The zero-order valence-corrected chi connectivity index (χ0v) is 26.1. The second kappa shape index (κ2) is 11.9. The fraction of sp³-hybridized carbons (Fsp3) is 0.0233. The smallest absolute Gasteiger partial charge is 0.145 e. The molecule has 4 heteroatoms. The number of imidazole rings is 1. The van der Waals surface area contributed by atoms with Crippen LogP contribution in [0.15, 0.2) is 164 Å². The highest BCUT2D eigenvalue weighted by molar-refractivity contribution is 6.02. The van der Waals surface area contributed by atoms with E-state index in [0.29, 0.717) is 0 Å². The lowest BCUT2D eigenvalue weighted by atomic mass is 10.0. The Morgan fingerprint density at radius 2 is 1.19 bits per heavy atom. The first kappa shape index (κ1) is 28.2. The van der Waals surface area contributed by atoms with Gasteiger partial charge in [-0.15, -0.1) is 0 Å². The Morgan fingerprint density at radius 1 is 0.574 bits per heavy atom. The molecule has 0 spiro atoms. The second-order valence-corrected chi connectivity index (χ2v) is 11.6. The fourth-order valence-electron chi connectivity index (χ4n) is 6.48. The third-order valence-electron chi connectivity index (χ3n) is 8.69. The lowest BCUT2D eigenvalue weighted by Gasteiger charge is -2.13. The number of fused-ring (bicyclic) bond motifs is 2. The van der Waals surface area contributed by atoms with E-state index in [2.05, 4.69) is 156 Å². The van der Waals surface area contributed by atoms with E-state index < -0.39 is 0 Å². The zero-order chi connectivity index (χ0) is 31.7. The minimum Gasteiger partial charge on any atom is -0.298 e. The summed E-state index contributed by atoms with van der Waals surface area (Å²) >= 11 is 0. The van der Waals surface area contributed by atoms with E-state index in [1.54, 1.807) is 0 Å². The zero-order valence-electron chi connectivity index (χ0n) is 26.1. The van der Waals surface area contributed by atoms with Crippen molar-refractivity contribution in [2.75, 3.05) is 0 Å². The number of para-hydroxylation sites is 1. The summed E-state index contributed by atoms with van der Waals surface area (Å²) in [6.45, 7) is 6.13. The molecule has 8 aromatic rings. The Kier molecular flexibility index (Phi) is 7.16. The molecule has 0 radical (unpaired) electrons. The average Bonchev–Trinajstić information content (AvgIpc) is 3.64. The molecule has 3 heterocycles. The number of aromatic nitrogens is 4. The van der Waals surface area contributed by atoms with Crippen molar-refractivity contribution >= 4 is 28.0 Å². The van der Waals surface area contributed by atoms with Crippen LogP contribution in [-0.2, 0) is 0 Å². The van der Waals surface area contributed by atoms with Crippen LogP contribution in [0.3, 0.4) is 0 Å². The van der Waals surface area contributed by atoms with Crippen LogP contribution in [0.4, 0.5) is 0 Å². The maximum Gasteiger partial charge on any atom is 0.145 e. The topological polar surface area (TPSA) is 35.6 Å². The Balaban J connectivity index is 1.45. The first-order valence-corrected chi connectivity index (χ1v) is 15.8. The quantitative estimate of drug-likeness (QED) is 0.170. The predicted molar refractivity (Wildman–Crippen MR) is 196 cm³/mol. The lowest BCUT2D eigenvalue weighted by Crippen LogP contribution is -2.02. The number of rotatable bonds is 7. The normalized spacial score (nSPS) is 11.5. The average molecular weight is 605 g/mol. The minimum absolute atomic E-state index is 0.857. The standard InChI is InChI=1S/C43H32N4/c1-3-4-25-36-30(2)46(42-27-34(31-17-9-5-10-18-31)26-38(44-42)32-19-11-6-12-20-32)40-29-39-41(28-37(36)40)47(35-23-15-8-16-24-35)43(45-39)33-21-13-7-14-22-33/h3-29H,1H2,2H3/b25-4-. The molecule has 3 aromatic heterocycles. The Labute approximate surface area is 274 Å². The van der Waals surface area contributed by atoms with Crippen molar-refractivity contribution in [1.29, 1.82) is 0 Å². The van der Waals surface area contributed by atoms with Gasteiger partial charge < -0.3 is 0 Å². The van der Waals surface area contributed by atoms with E-state index in [9.17, 15) is 0 Å². The summed E-state index contributed by atoms with van der Waals surface area (Å²) in [6, 6.07) is 50.6. The van der Waals surface area contributed by atoms with Gasteiger partial charge in [-0.25, -0.2) is 9.97 Å².